The second kappa shape index (κ2) is 3.68. The minimum Gasteiger partial charge on any atom is -0.193 e. The number of rotatable bonds is 0. The molecule has 0 aliphatic carbocycles. The van der Waals surface area contributed by atoms with Gasteiger partial charge in [-0.1, -0.05) is 6.42 Å². The van der Waals surface area contributed by atoms with Crippen LogP contribution in [-0.4, -0.2) is 16.9 Å². The molecule has 0 spiro atoms. The first-order valence-electron chi connectivity index (χ1n) is 3.33. The first kappa shape index (κ1) is 6.82. The van der Waals surface area contributed by atoms with E-state index in [1.165, 1.54) is 30.8 Å². The predicted octanol–water partition coefficient (Wildman–Crippen LogP) is 1.76. The minimum absolute atomic E-state index is 0.369. The smallest absolute Gasteiger partial charge is 0.0973 e. The van der Waals surface area contributed by atoms with Crippen LogP contribution in [0.2, 0.25) is 0 Å². The van der Waals surface area contributed by atoms with Gasteiger partial charge in [-0.15, -0.1) is 0 Å². The summed E-state index contributed by atoms with van der Waals surface area (Å²) in [5.74, 6) is 2.54. The molecule has 9 heavy (non-hydrogen) atoms. The van der Waals surface area contributed by atoms with Crippen molar-refractivity contribution in [1.29, 1.82) is 5.26 Å². The standard InChI is InChI=1S/C7H11NS/c8-4-7-9-5-2-1-3-6-9/h7H,1-3,5-6H2. The molecule has 1 aliphatic rings. The van der Waals surface area contributed by atoms with E-state index in [1.54, 1.807) is 0 Å². The molecule has 0 aromatic heterocycles. The Morgan fingerprint density at radius 1 is 1.22 bits per heavy atom. The Balaban J connectivity index is 2.42. The van der Waals surface area contributed by atoms with E-state index in [-0.39, 0.29) is 0 Å². The predicted molar refractivity (Wildman–Crippen MR) is 42.9 cm³/mol. The van der Waals surface area contributed by atoms with E-state index in [0.29, 0.717) is 10.5 Å². The molecular formula is C7H11NS. The van der Waals surface area contributed by atoms with E-state index in [2.05, 4.69) is 6.07 Å². The molecule has 1 nitrogen and oxygen atoms in total. The zero-order valence-corrected chi connectivity index (χ0v) is 6.28. The number of nitriles is 1. The van der Waals surface area contributed by atoms with Crippen LogP contribution in [0.15, 0.2) is 0 Å². The van der Waals surface area contributed by atoms with Crippen molar-refractivity contribution in [3.05, 3.63) is 0 Å². The van der Waals surface area contributed by atoms with Crippen molar-refractivity contribution >= 4 is 15.9 Å². The second-order valence-corrected chi connectivity index (χ2v) is 4.38. The lowest BCUT2D eigenvalue weighted by atomic mass is 10.3. The second-order valence-electron chi connectivity index (χ2n) is 2.25. The molecule has 0 bridgehead atoms. The minimum atomic E-state index is 0.369. The number of nitrogens with zero attached hydrogens (tertiary/aromatic N) is 1. The van der Waals surface area contributed by atoms with Gasteiger partial charge in [0.15, 0.2) is 0 Å². The van der Waals surface area contributed by atoms with Crippen molar-refractivity contribution < 1.29 is 0 Å². The summed E-state index contributed by atoms with van der Waals surface area (Å²) in [7, 11) is 0.369. The lowest BCUT2D eigenvalue weighted by Gasteiger charge is -2.12. The quantitative estimate of drug-likeness (QED) is 0.472. The normalized spacial score (nSPS) is 20.8. The van der Waals surface area contributed by atoms with Crippen LogP contribution in [0.4, 0.5) is 0 Å². The van der Waals surface area contributed by atoms with E-state index in [4.69, 9.17) is 5.26 Å². The summed E-state index contributed by atoms with van der Waals surface area (Å²) < 4.78 is 0. The number of hydrogen-bond donors (Lipinski definition) is 0. The van der Waals surface area contributed by atoms with Crippen LogP contribution in [0, 0.1) is 11.3 Å². The molecule has 0 atom stereocenters. The van der Waals surface area contributed by atoms with Gasteiger partial charge < -0.3 is 0 Å². The Hall–Kier alpha value is -0.290. The summed E-state index contributed by atoms with van der Waals surface area (Å²) in [6.45, 7) is 0. The zero-order valence-electron chi connectivity index (χ0n) is 5.47. The van der Waals surface area contributed by atoms with Crippen LogP contribution >= 0.6 is 10.5 Å². The Kier molecular flexibility index (Phi) is 2.79. The van der Waals surface area contributed by atoms with Crippen LogP contribution in [0.3, 0.4) is 0 Å². The lowest BCUT2D eigenvalue weighted by Crippen LogP contribution is -1.97. The average Bonchev–Trinajstić information content (AvgIpc) is 1.91. The third-order valence-corrected chi connectivity index (χ3v) is 3.60. The van der Waals surface area contributed by atoms with Gasteiger partial charge in [0.25, 0.3) is 0 Å². The van der Waals surface area contributed by atoms with Crippen LogP contribution in [0.1, 0.15) is 19.3 Å². The molecule has 0 radical (unpaired) electrons. The molecule has 0 N–H and O–H groups in total. The zero-order chi connectivity index (χ0) is 6.53. The maximum Gasteiger partial charge on any atom is 0.0973 e. The summed E-state index contributed by atoms with van der Waals surface area (Å²) in [4.78, 5) is 0. The Morgan fingerprint density at radius 2 is 1.89 bits per heavy atom. The Labute approximate surface area is 58.6 Å². The van der Waals surface area contributed by atoms with Crippen molar-refractivity contribution in [3.63, 3.8) is 0 Å². The molecule has 1 aliphatic heterocycles. The summed E-state index contributed by atoms with van der Waals surface area (Å²) in [6, 6.07) is 2.12. The molecule has 1 fully saturated rings. The highest BCUT2D eigenvalue weighted by molar-refractivity contribution is 8.15. The summed E-state index contributed by atoms with van der Waals surface area (Å²) in [5, 5.41) is 10.1. The maximum atomic E-state index is 8.32. The van der Waals surface area contributed by atoms with Gasteiger partial charge in [-0.25, -0.2) is 0 Å². The highest BCUT2D eigenvalue weighted by Gasteiger charge is 2.01. The first-order chi connectivity index (χ1) is 4.43. The monoisotopic (exact) mass is 141 g/mol. The maximum absolute atomic E-state index is 8.32. The van der Waals surface area contributed by atoms with Crippen molar-refractivity contribution in [3.8, 4) is 6.07 Å². The molecule has 1 saturated heterocycles. The van der Waals surface area contributed by atoms with Gasteiger partial charge in [0.2, 0.25) is 0 Å². The largest absolute Gasteiger partial charge is 0.193 e. The van der Waals surface area contributed by atoms with E-state index in [9.17, 15) is 0 Å². The molecule has 1 heterocycles. The summed E-state index contributed by atoms with van der Waals surface area (Å²) in [6.07, 6.45) is 4.05. The van der Waals surface area contributed by atoms with Crippen molar-refractivity contribution in [2.45, 2.75) is 19.3 Å². The molecule has 1 rings (SSSR count). The van der Waals surface area contributed by atoms with Crippen molar-refractivity contribution in [1.82, 2.24) is 0 Å². The Morgan fingerprint density at radius 3 is 2.44 bits per heavy atom. The summed E-state index contributed by atoms with van der Waals surface area (Å²) >= 11 is 0. The van der Waals surface area contributed by atoms with Crippen molar-refractivity contribution in [2.75, 3.05) is 11.5 Å². The fourth-order valence-corrected chi connectivity index (χ4v) is 2.78. The molecule has 0 aromatic rings. The van der Waals surface area contributed by atoms with Crippen molar-refractivity contribution in [2.24, 2.45) is 0 Å². The van der Waals surface area contributed by atoms with E-state index in [0.717, 1.165) is 0 Å². The highest BCUT2D eigenvalue weighted by Crippen LogP contribution is 2.22. The molecule has 0 saturated carbocycles. The van der Waals surface area contributed by atoms with Crippen LogP contribution in [-0.2, 0) is 0 Å². The van der Waals surface area contributed by atoms with Gasteiger partial charge in [0.05, 0.1) is 6.07 Å². The third kappa shape index (κ3) is 2.19. The Bertz CT molecular complexity index is 147. The molecule has 0 aromatic carbocycles. The average molecular weight is 141 g/mol. The van der Waals surface area contributed by atoms with E-state index >= 15 is 0 Å². The van der Waals surface area contributed by atoms with E-state index < -0.39 is 0 Å². The van der Waals surface area contributed by atoms with Gasteiger partial charge in [-0.05, 0) is 24.3 Å². The topological polar surface area (TPSA) is 23.8 Å². The summed E-state index contributed by atoms with van der Waals surface area (Å²) in [5.41, 5.74) is 0. The van der Waals surface area contributed by atoms with Crippen LogP contribution < -0.4 is 0 Å². The molecule has 2 heteroatoms. The number of hydrogen-bond acceptors (Lipinski definition) is 1. The van der Waals surface area contributed by atoms with Crippen LogP contribution in [0.25, 0.3) is 0 Å². The molecular weight excluding hydrogens is 130 g/mol. The highest BCUT2D eigenvalue weighted by atomic mass is 32.2. The fraction of sp³-hybridized carbons (Fsp3) is 0.714. The van der Waals surface area contributed by atoms with E-state index in [1.807, 2.05) is 5.37 Å². The van der Waals surface area contributed by atoms with Crippen LogP contribution in [0.5, 0.6) is 0 Å². The van der Waals surface area contributed by atoms with Gasteiger partial charge in [-0.2, -0.15) is 15.7 Å². The molecule has 0 unspecified atom stereocenters. The fourth-order valence-electron chi connectivity index (χ4n) is 1.05. The SMILES string of the molecule is N#CC=S1CCCCC1. The lowest BCUT2D eigenvalue weighted by molar-refractivity contribution is 0.764. The molecule has 0 amide bonds. The third-order valence-electron chi connectivity index (χ3n) is 1.53. The first-order valence-corrected chi connectivity index (χ1v) is 4.95. The van der Waals surface area contributed by atoms with Gasteiger partial charge >= 0.3 is 0 Å². The van der Waals surface area contributed by atoms with Gasteiger partial charge in [0, 0.05) is 5.37 Å². The van der Waals surface area contributed by atoms with Gasteiger partial charge in [0.1, 0.15) is 0 Å². The molecule has 50 valence electrons. The van der Waals surface area contributed by atoms with Gasteiger partial charge in [-0.3, -0.25) is 0 Å².